The van der Waals surface area contributed by atoms with Crippen molar-refractivity contribution in [2.75, 3.05) is 42.9 Å². The average Bonchev–Trinajstić information content (AvgIpc) is 3.47. The van der Waals surface area contributed by atoms with Crippen LogP contribution in [-0.2, 0) is 0 Å². The smallest absolute Gasteiger partial charge is 0.112 e. The maximum Gasteiger partial charge on any atom is 0.112 e. The van der Waals surface area contributed by atoms with Gasteiger partial charge in [-0.05, 0) is 65.2 Å². The van der Waals surface area contributed by atoms with Crippen LogP contribution in [0.15, 0.2) is 138 Å². The Labute approximate surface area is 254 Å². The number of hydrogen-bond donors (Lipinski definition) is 0. The van der Waals surface area contributed by atoms with Crippen LogP contribution in [0.3, 0.4) is 0 Å². The molecule has 2 atom stereocenters. The van der Waals surface area contributed by atoms with E-state index in [1.807, 2.05) is 11.8 Å². The first-order valence-electron chi connectivity index (χ1n) is 14.3. The highest BCUT2D eigenvalue weighted by Gasteiger charge is 2.37. The molecule has 5 aromatic rings. The van der Waals surface area contributed by atoms with E-state index in [4.69, 9.17) is 4.99 Å². The molecule has 5 heteroatoms. The lowest BCUT2D eigenvalue weighted by molar-refractivity contribution is 0.694. The first kappa shape index (κ1) is 27.7. The number of nitrogens with zero attached hydrogens (tertiary/aromatic N) is 4. The van der Waals surface area contributed by atoms with Crippen LogP contribution in [-0.4, -0.2) is 38.6 Å². The molecule has 0 saturated carbocycles. The van der Waals surface area contributed by atoms with Gasteiger partial charge in [0.2, 0.25) is 0 Å². The van der Waals surface area contributed by atoms with E-state index in [9.17, 15) is 0 Å². The van der Waals surface area contributed by atoms with Crippen molar-refractivity contribution in [1.82, 2.24) is 0 Å². The molecule has 0 unspecified atom stereocenters. The van der Waals surface area contributed by atoms with Crippen LogP contribution in [0, 0.1) is 0 Å². The summed E-state index contributed by atoms with van der Waals surface area (Å²) < 4.78 is 0. The van der Waals surface area contributed by atoms with Crippen LogP contribution in [0.2, 0.25) is 0 Å². The van der Waals surface area contributed by atoms with Crippen molar-refractivity contribution in [1.29, 1.82) is 0 Å². The lowest BCUT2D eigenvalue weighted by atomic mass is 10.0. The number of thioether (sulfide) groups is 1. The van der Waals surface area contributed by atoms with E-state index >= 15 is 0 Å². The standard InChI is InChI=1S/C37H36N4S/c1-39(2)31-19-23-33(24-20-31)41(34-25-21-32(22-26-34)40(3)4)37-35(29-13-9-6-10-14-29)38-36(42-37)30-17-15-28(16-18-30)27-11-7-5-8-12-27/h5-26,35,37H,1-4H3/t35-,37+/m1/s1. The number of benzene rings is 5. The van der Waals surface area contributed by atoms with Crippen LogP contribution >= 0.6 is 11.8 Å². The summed E-state index contributed by atoms with van der Waals surface area (Å²) in [5.41, 5.74) is 9.44. The van der Waals surface area contributed by atoms with Crippen LogP contribution in [0.1, 0.15) is 17.2 Å². The highest BCUT2D eigenvalue weighted by atomic mass is 32.2. The lowest BCUT2D eigenvalue weighted by Crippen LogP contribution is -2.31. The predicted molar refractivity (Wildman–Crippen MR) is 183 cm³/mol. The molecule has 0 aromatic heterocycles. The van der Waals surface area contributed by atoms with Crippen LogP contribution < -0.4 is 14.7 Å². The van der Waals surface area contributed by atoms with Gasteiger partial charge in [-0.3, -0.25) is 4.99 Å². The molecule has 210 valence electrons. The Bertz CT molecular complexity index is 1580. The summed E-state index contributed by atoms with van der Waals surface area (Å²) in [5.74, 6) is 0. The molecule has 0 aliphatic carbocycles. The Hall–Kier alpha value is -4.48. The summed E-state index contributed by atoms with van der Waals surface area (Å²) >= 11 is 1.84. The predicted octanol–water partition coefficient (Wildman–Crippen LogP) is 8.88. The Kier molecular flexibility index (Phi) is 8.02. The van der Waals surface area contributed by atoms with E-state index in [-0.39, 0.29) is 11.4 Å². The molecule has 1 aliphatic heterocycles. The largest absolute Gasteiger partial charge is 0.378 e. The molecule has 0 radical (unpaired) electrons. The third-order valence-corrected chi connectivity index (χ3v) is 8.96. The molecule has 0 bridgehead atoms. The van der Waals surface area contributed by atoms with Gasteiger partial charge in [0.1, 0.15) is 16.5 Å². The fourth-order valence-electron chi connectivity index (χ4n) is 5.33. The van der Waals surface area contributed by atoms with Crippen molar-refractivity contribution in [3.63, 3.8) is 0 Å². The molecule has 0 N–H and O–H groups in total. The molecular formula is C37H36N4S. The van der Waals surface area contributed by atoms with Crippen molar-refractivity contribution in [3.8, 4) is 11.1 Å². The summed E-state index contributed by atoms with van der Waals surface area (Å²) in [7, 11) is 8.31. The average molecular weight is 569 g/mol. The highest BCUT2D eigenvalue weighted by molar-refractivity contribution is 8.15. The minimum Gasteiger partial charge on any atom is -0.378 e. The lowest BCUT2D eigenvalue weighted by Gasteiger charge is -2.34. The van der Waals surface area contributed by atoms with Crippen LogP contribution in [0.5, 0.6) is 0 Å². The van der Waals surface area contributed by atoms with E-state index in [0.717, 1.165) is 22.0 Å². The highest BCUT2D eigenvalue weighted by Crippen LogP contribution is 2.46. The number of anilines is 4. The summed E-state index contributed by atoms with van der Waals surface area (Å²) in [6, 6.07) is 47.7. The van der Waals surface area contributed by atoms with Gasteiger partial charge >= 0.3 is 0 Å². The first-order valence-corrected chi connectivity index (χ1v) is 15.2. The van der Waals surface area contributed by atoms with Crippen molar-refractivity contribution >= 4 is 39.6 Å². The molecule has 1 heterocycles. The molecule has 0 saturated heterocycles. The van der Waals surface area contributed by atoms with Gasteiger partial charge in [-0.25, -0.2) is 0 Å². The quantitative estimate of drug-likeness (QED) is 0.186. The molecule has 1 aliphatic rings. The SMILES string of the molecule is CN(C)c1ccc(N(c2ccc(N(C)C)cc2)[C@H]2SC(c3ccc(-c4ccccc4)cc3)=N[C@@H]2c2ccccc2)cc1. The molecule has 42 heavy (non-hydrogen) atoms. The second kappa shape index (κ2) is 12.2. The zero-order valence-electron chi connectivity index (χ0n) is 24.6. The Morgan fingerprint density at radius 3 is 1.40 bits per heavy atom. The number of hydrogen-bond acceptors (Lipinski definition) is 5. The van der Waals surface area contributed by atoms with E-state index in [2.05, 4.69) is 176 Å². The monoisotopic (exact) mass is 568 g/mol. The minimum atomic E-state index is -0.0398. The first-order chi connectivity index (χ1) is 20.5. The van der Waals surface area contributed by atoms with Gasteiger partial charge in [0.25, 0.3) is 0 Å². The Balaban J connectivity index is 1.41. The van der Waals surface area contributed by atoms with E-state index in [1.54, 1.807) is 0 Å². The second-order valence-corrected chi connectivity index (χ2v) is 12.0. The van der Waals surface area contributed by atoms with Crippen molar-refractivity contribution in [2.45, 2.75) is 11.4 Å². The fourth-order valence-corrected chi connectivity index (χ4v) is 6.70. The van der Waals surface area contributed by atoms with Crippen LogP contribution in [0.25, 0.3) is 11.1 Å². The molecule has 0 spiro atoms. The summed E-state index contributed by atoms with van der Waals surface area (Å²) in [5, 5.41) is 1.10. The molecule has 6 rings (SSSR count). The third kappa shape index (κ3) is 5.79. The van der Waals surface area contributed by atoms with Gasteiger partial charge in [-0.2, -0.15) is 0 Å². The van der Waals surface area contributed by atoms with Gasteiger partial charge in [-0.1, -0.05) is 96.7 Å². The Morgan fingerprint density at radius 1 is 0.476 bits per heavy atom. The maximum absolute atomic E-state index is 5.40. The molecule has 0 amide bonds. The molecule has 0 fully saturated rings. The fraction of sp³-hybridized carbons (Fsp3) is 0.162. The van der Waals surface area contributed by atoms with Crippen LogP contribution in [0.4, 0.5) is 22.7 Å². The van der Waals surface area contributed by atoms with Gasteiger partial charge in [0.15, 0.2) is 0 Å². The zero-order valence-corrected chi connectivity index (χ0v) is 25.4. The van der Waals surface area contributed by atoms with Crippen molar-refractivity contribution < 1.29 is 0 Å². The summed E-state index contributed by atoms with van der Waals surface area (Å²) in [6.07, 6.45) is 0. The Morgan fingerprint density at radius 2 is 0.905 bits per heavy atom. The molecular weight excluding hydrogens is 533 g/mol. The summed E-state index contributed by atoms with van der Waals surface area (Å²) in [4.78, 5) is 12.1. The number of aliphatic imine (C=N–C) groups is 1. The molecule has 4 nitrogen and oxygen atoms in total. The topological polar surface area (TPSA) is 22.1 Å². The zero-order chi connectivity index (χ0) is 29.1. The minimum absolute atomic E-state index is 0.0339. The molecule has 5 aromatic carbocycles. The van der Waals surface area contributed by atoms with Crippen molar-refractivity contribution in [3.05, 3.63) is 145 Å². The van der Waals surface area contributed by atoms with Gasteiger partial charge in [0.05, 0.1) is 0 Å². The third-order valence-electron chi connectivity index (χ3n) is 7.68. The summed E-state index contributed by atoms with van der Waals surface area (Å²) in [6.45, 7) is 0. The second-order valence-electron chi connectivity index (χ2n) is 10.9. The normalized spacial score (nSPS) is 16.1. The van der Waals surface area contributed by atoms with Gasteiger partial charge in [-0.15, -0.1) is 0 Å². The van der Waals surface area contributed by atoms with Gasteiger partial charge in [0, 0.05) is 56.5 Å². The number of rotatable bonds is 8. The van der Waals surface area contributed by atoms with E-state index in [0.29, 0.717) is 0 Å². The van der Waals surface area contributed by atoms with E-state index in [1.165, 1.54) is 28.1 Å². The van der Waals surface area contributed by atoms with Gasteiger partial charge < -0.3 is 14.7 Å². The van der Waals surface area contributed by atoms with E-state index < -0.39 is 0 Å². The van der Waals surface area contributed by atoms with Crippen molar-refractivity contribution in [2.24, 2.45) is 4.99 Å². The maximum atomic E-state index is 5.40.